The maximum absolute atomic E-state index is 14.2. The summed E-state index contributed by atoms with van der Waals surface area (Å²) in [6.07, 6.45) is -54.8. The summed E-state index contributed by atoms with van der Waals surface area (Å²) in [5.74, 6) is 0.0655. The minimum absolute atomic E-state index is 0.0655. The predicted octanol–water partition coefficient (Wildman–Crippen LogP) is 15.7. The number of carbonyl (C=O) groups excluding carboxylic acids is 1. The average Bonchev–Trinajstić information content (AvgIpc) is 3.39. The fourth-order valence-electron chi connectivity index (χ4n) is 8.88. The molecular weight excluding hydrogens is 1170 g/mol. The van der Waals surface area contributed by atoms with Crippen molar-refractivity contribution in [1.82, 2.24) is 0 Å². The lowest BCUT2D eigenvalue weighted by Crippen LogP contribution is -2.75. The highest BCUT2D eigenvalue weighted by Gasteiger charge is 2.47. The van der Waals surface area contributed by atoms with E-state index < -0.39 is 195 Å². The van der Waals surface area contributed by atoms with Gasteiger partial charge in [0.05, 0.1) is 44.5 Å². The van der Waals surface area contributed by atoms with E-state index in [4.69, 9.17) is 0 Å². The van der Waals surface area contributed by atoms with Gasteiger partial charge in [-0.15, -0.1) is 0 Å². The van der Waals surface area contributed by atoms with E-state index in [9.17, 15) is 110 Å². The first-order valence-electron chi connectivity index (χ1n) is 22.5. The molecule has 7 aromatic carbocycles. The molecule has 0 amide bonds. The van der Waals surface area contributed by atoms with Gasteiger partial charge in [0.2, 0.25) is 11.0 Å². The number of benzene rings is 7. The molecule has 0 radical (unpaired) electrons. The average molecular weight is 1190 g/mol. The number of hydrogen-bond donors (Lipinski definition) is 0. The van der Waals surface area contributed by atoms with Gasteiger partial charge in [0.1, 0.15) is 10.8 Å². The summed E-state index contributed by atoms with van der Waals surface area (Å²) < 4.78 is 344. The molecule has 1 heterocycles. The van der Waals surface area contributed by atoms with Crippen molar-refractivity contribution in [1.29, 1.82) is 0 Å². The van der Waals surface area contributed by atoms with Crippen LogP contribution in [0.2, 0.25) is 0 Å². The third-order valence-electron chi connectivity index (χ3n) is 12.5. The van der Waals surface area contributed by atoms with Crippen LogP contribution in [-0.2, 0) is 56.0 Å². The maximum atomic E-state index is 14.2. The maximum Gasteiger partial charge on any atom is 0.416 e. The van der Waals surface area contributed by atoms with E-state index in [-0.39, 0.29) is 5.78 Å². The van der Waals surface area contributed by atoms with Crippen LogP contribution in [0.25, 0.3) is 10.2 Å². The minimum Gasteiger partial charge on any atom is -0.289 e. The molecule has 0 N–H and O–H groups in total. The van der Waals surface area contributed by atoms with Crippen LogP contribution in [0.3, 0.4) is 0 Å². The molecule has 0 aliphatic rings. The number of nitrogens with zero attached hydrogens (tertiary/aromatic N) is 1. The van der Waals surface area contributed by atoms with Gasteiger partial charge in [0.25, 0.3) is 0 Å². The van der Waals surface area contributed by atoms with Crippen LogP contribution in [0.4, 0.5) is 105 Å². The number of rotatable bonds is 8. The van der Waals surface area contributed by atoms with Crippen LogP contribution >= 0.6 is 11.3 Å². The lowest BCUT2D eigenvalue weighted by molar-refractivity contribution is -0.658. The first-order chi connectivity index (χ1) is 37.1. The Morgan fingerprint density at radius 1 is 0.346 bits per heavy atom. The highest BCUT2D eigenvalue weighted by molar-refractivity contribution is 7.20. The Balaban J connectivity index is 0.000000323. The van der Waals surface area contributed by atoms with Gasteiger partial charge in [0.15, 0.2) is 12.3 Å². The van der Waals surface area contributed by atoms with E-state index in [1.165, 1.54) is 15.8 Å². The molecular formula is C53H28BF24NOS. The van der Waals surface area contributed by atoms with Crippen molar-refractivity contribution in [2.45, 2.75) is 56.0 Å². The van der Waals surface area contributed by atoms with Gasteiger partial charge in [-0.05, 0) is 30.3 Å². The van der Waals surface area contributed by atoms with Crippen molar-refractivity contribution in [3.63, 3.8) is 0 Å². The van der Waals surface area contributed by atoms with Crippen LogP contribution in [0.5, 0.6) is 0 Å². The summed E-state index contributed by atoms with van der Waals surface area (Å²) in [4.78, 5) is 12.4. The minimum atomic E-state index is -6.13. The largest absolute Gasteiger partial charge is 0.416 e. The third kappa shape index (κ3) is 13.6. The summed E-state index contributed by atoms with van der Waals surface area (Å²) >= 11 is 1.75. The smallest absolute Gasteiger partial charge is 0.289 e. The van der Waals surface area contributed by atoms with Gasteiger partial charge < -0.3 is 0 Å². The van der Waals surface area contributed by atoms with Crippen LogP contribution in [0, 0.1) is 0 Å². The van der Waals surface area contributed by atoms with E-state index in [1.54, 1.807) is 11.3 Å². The van der Waals surface area contributed by atoms with Gasteiger partial charge in [-0.3, -0.25) is 4.79 Å². The Hall–Kier alpha value is -7.52. The second-order valence-electron chi connectivity index (χ2n) is 17.9. The first kappa shape index (κ1) is 61.1. The summed E-state index contributed by atoms with van der Waals surface area (Å²) in [7, 11) is 0. The molecule has 2 nitrogen and oxygen atoms in total. The summed E-state index contributed by atoms with van der Waals surface area (Å²) in [6.45, 7) is 0.809. The monoisotopic (exact) mass is 1190 g/mol. The zero-order valence-corrected chi connectivity index (χ0v) is 40.4. The molecule has 0 atom stereocenters. The van der Waals surface area contributed by atoms with Crippen LogP contribution in [0.15, 0.2) is 157 Å². The van der Waals surface area contributed by atoms with Crippen molar-refractivity contribution >= 4 is 55.3 Å². The number of fused-ring (bicyclic) bond motifs is 1. The molecule has 0 spiro atoms. The number of halogens is 24. The number of thiazole rings is 1. The SMILES string of the molecule is FC(F)(F)c1cc([B-](c2cc(C(F)(F)F)cc(C(F)(F)F)c2)(c2cc(C(F)(F)F)cc(C(F)(F)F)c2)c2cc(C(F)(F)F)cc(C(F)(F)F)c2)cc(C(F)(F)F)c1.O=C(c1ccccc1)c1ccc(C[n+]2csc3ccccc32)cc1. The Morgan fingerprint density at radius 2 is 0.617 bits per heavy atom. The summed E-state index contributed by atoms with van der Waals surface area (Å²) in [5, 5.41) is 0. The summed E-state index contributed by atoms with van der Waals surface area (Å²) in [6, 6.07) is 16.9. The standard InChI is InChI=1S/C32H12BF24.C21H16NOS/c34-25(35,36)13-1-14(26(37,38)39)6-21(5-13)33(22-7-15(27(40,41)42)2-16(8-22)28(43,44)45,23-9-17(29(46,47)48)3-18(10-23)30(49,50)51)24-11-19(31(52,53)54)4-20(12-24)32(55,56)57;23-21(17-6-2-1-3-7-17)18-12-10-16(11-13-18)14-22-15-24-20-9-5-4-8-19(20)22/h1-12H;1-13,15H,14H2/q-1;+1. The molecule has 0 aliphatic carbocycles. The van der Waals surface area contributed by atoms with E-state index in [2.05, 4.69) is 34.3 Å². The molecule has 0 fully saturated rings. The van der Waals surface area contributed by atoms with Crippen molar-refractivity contribution in [2.24, 2.45) is 0 Å². The molecule has 0 aliphatic heterocycles. The number of hydrogen-bond acceptors (Lipinski definition) is 2. The van der Waals surface area contributed by atoms with Crippen LogP contribution in [0.1, 0.15) is 66.0 Å². The lowest BCUT2D eigenvalue weighted by atomic mass is 9.12. The topological polar surface area (TPSA) is 20.9 Å². The number of para-hydroxylation sites is 1. The Morgan fingerprint density at radius 3 is 0.914 bits per heavy atom. The molecule has 0 saturated heterocycles. The van der Waals surface area contributed by atoms with Gasteiger partial charge in [-0.2, -0.15) is 132 Å². The number of alkyl halides is 24. The van der Waals surface area contributed by atoms with Gasteiger partial charge in [-0.1, -0.05) is 127 Å². The highest BCUT2D eigenvalue weighted by atomic mass is 32.1. The second kappa shape index (κ2) is 21.4. The Kier molecular flexibility index (Phi) is 16.2. The van der Waals surface area contributed by atoms with E-state index in [0.29, 0.717) is 0 Å². The van der Waals surface area contributed by atoms with Gasteiger partial charge in [0, 0.05) is 22.8 Å². The predicted molar refractivity (Wildman–Crippen MR) is 248 cm³/mol. The molecule has 1 aromatic heterocycles. The van der Waals surface area contributed by atoms with Gasteiger partial charge >= 0.3 is 49.4 Å². The second-order valence-corrected chi connectivity index (χ2v) is 18.8. The molecule has 8 aromatic rings. The molecule has 0 bridgehead atoms. The third-order valence-corrected chi connectivity index (χ3v) is 13.5. The quantitative estimate of drug-likeness (QED) is 0.0643. The number of ketones is 1. The Bertz CT molecular complexity index is 3150. The molecule has 28 heteroatoms. The van der Waals surface area contributed by atoms with Gasteiger partial charge in [-0.25, -0.2) is 0 Å². The molecule has 8 rings (SSSR count). The van der Waals surface area contributed by atoms with E-state index in [1.807, 2.05) is 54.6 Å². The zero-order chi connectivity index (χ0) is 60.3. The molecule has 81 heavy (non-hydrogen) atoms. The van der Waals surface area contributed by atoms with Crippen molar-refractivity contribution in [2.75, 3.05) is 0 Å². The highest BCUT2D eigenvalue weighted by Crippen LogP contribution is 2.41. The normalized spacial score (nSPS) is 13.3. The Labute approximate surface area is 443 Å². The van der Waals surface area contributed by atoms with Crippen LogP contribution < -0.4 is 26.4 Å². The van der Waals surface area contributed by atoms with Crippen molar-refractivity contribution in [3.8, 4) is 0 Å². The fourth-order valence-corrected chi connectivity index (χ4v) is 9.77. The van der Waals surface area contributed by atoms with E-state index in [0.717, 1.165) is 17.7 Å². The number of carbonyl (C=O) groups is 1. The zero-order valence-electron chi connectivity index (χ0n) is 39.6. The number of aromatic nitrogens is 1. The summed E-state index contributed by atoms with van der Waals surface area (Å²) in [5.41, 5.74) is -24.2. The van der Waals surface area contributed by atoms with Crippen molar-refractivity contribution in [3.05, 3.63) is 218 Å². The molecule has 0 unspecified atom stereocenters. The first-order valence-corrected chi connectivity index (χ1v) is 23.4. The fraction of sp³-hybridized carbons (Fsp3) is 0.170. The lowest BCUT2D eigenvalue weighted by Gasteiger charge is -2.46. The van der Waals surface area contributed by atoms with Crippen molar-refractivity contribution < 1.29 is 115 Å². The van der Waals surface area contributed by atoms with E-state index >= 15 is 0 Å². The molecule has 428 valence electrons. The molecule has 0 saturated carbocycles. The van der Waals surface area contributed by atoms with Crippen LogP contribution in [-0.4, -0.2) is 11.9 Å².